The van der Waals surface area contributed by atoms with Crippen molar-refractivity contribution >= 4 is 49.1 Å². The summed E-state index contributed by atoms with van der Waals surface area (Å²) in [7, 11) is -3.76. The van der Waals surface area contributed by atoms with E-state index in [4.69, 9.17) is 4.74 Å². The van der Waals surface area contributed by atoms with Gasteiger partial charge >= 0.3 is 0 Å². The summed E-state index contributed by atoms with van der Waals surface area (Å²) in [5, 5.41) is 1.86. The van der Waals surface area contributed by atoms with Gasteiger partial charge in [-0.15, -0.1) is 0 Å². The molecule has 0 heterocycles. The molecule has 0 radical (unpaired) electrons. The van der Waals surface area contributed by atoms with Gasteiger partial charge in [0, 0.05) is 3.57 Å². The van der Waals surface area contributed by atoms with Gasteiger partial charge in [0.05, 0.1) is 10.6 Å². The lowest BCUT2D eigenvalue weighted by Crippen LogP contribution is -2.13. The Morgan fingerprint density at radius 2 is 1.50 bits per heavy atom. The van der Waals surface area contributed by atoms with E-state index < -0.39 is 10.0 Å². The Balaban J connectivity index is 1.66. The van der Waals surface area contributed by atoms with Crippen LogP contribution in [0.3, 0.4) is 0 Å². The van der Waals surface area contributed by atoms with E-state index in [1.54, 1.807) is 42.5 Å². The Morgan fingerprint density at radius 3 is 2.32 bits per heavy atom. The van der Waals surface area contributed by atoms with E-state index in [1.807, 2.05) is 48.5 Å². The zero-order valence-electron chi connectivity index (χ0n) is 14.7. The van der Waals surface area contributed by atoms with Gasteiger partial charge in [0.15, 0.2) is 5.75 Å². The summed E-state index contributed by atoms with van der Waals surface area (Å²) < 4.78 is 35.5. The number of hydrogen-bond acceptors (Lipinski definition) is 3. The first-order valence-electron chi connectivity index (χ1n) is 8.55. The fourth-order valence-corrected chi connectivity index (χ4v) is 4.46. The van der Waals surface area contributed by atoms with Gasteiger partial charge < -0.3 is 4.74 Å². The number of ether oxygens (including phenoxy) is 1. The van der Waals surface area contributed by atoms with Gasteiger partial charge in [-0.25, -0.2) is 8.42 Å². The van der Waals surface area contributed by atoms with E-state index >= 15 is 0 Å². The predicted molar refractivity (Wildman–Crippen MR) is 120 cm³/mol. The number of para-hydroxylation sites is 2. The van der Waals surface area contributed by atoms with Crippen molar-refractivity contribution in [1.82, 2.24) is 0 Å². The highest BCUT2D eigenvalue weighted by Crippen LogP contribution is 2.32. The Labute approximate surface area is 177 Å². The van der Waals surface area contributed by atoms with Crippen molar-refractivity contribution in [1.29, 1.82) is 0 Å². The second kappa shape index (κ2) is 7.81. The van der Waals surface area contributed by atoms with E-state index in [2.05, 4.69) is 27.3 Å². The third kappa shape index (κ3) is 4.13. The average molecular weight is 501 g/mol. The van der Waals surface area contributed by atoms with Crippen molar-refractivity contribution in [3.8, 4) is 11.5 Å². The van der Waals surface area contributed by atoms with Gasteiger partial charge in [-0.05, 0) is 75.8 Å². The molecule has 0 saturated carbocycles. The highest BCUT2D eigenvalue weighted by molar-refractivity contribution is 14.1. The van der Waals surface area contributed by atoms with Crippen molar-refractivity contribution in [2.45, 2.75) is 4.90 Å². The van der Waals surface area contributed by atoms with Crippen LogP contribution in [0.5, 0.6) is 11.5 Å². The molecule has 0 amide bonds. The van der Waals surface area contributed by atoms with Crippen LogP contribution in [0.25, 0.3) is 10.8 Å². The fourth-order valence-electron chi connectivity index (χ4n) is 2.84. The topological polar surface area (TPSA) is 55.4 Å². The summed E-state index contributed by atoms with van der Waals surface area (Å²) in [6.07, 6.45) is 0. The average Bonchev–Trinajstić information content (AvgIpc) is 2.69. The molecular weight excluding hydrogens is 485 g/mol. The van der Waals surface area contributed by atoms with Gasteiger partial charge in [0.1, 0.15) is 5.75 Å². The molecule has 0 spiro atoms. The highest BCUT2D eigenvalue weighted by atomic mass is 127. The first kappa shape index (κ1) is 18.8. The molecule has 0 aliphatic carbocycles. The number of hydrogen-bond donors (Lipinski definition) is 1. The molecular formula is C22H16INO3S. The van der Waals surface area contributed by atoms with Crippen molar-refractivity contribution in [2.24, 2.45) is 0 Å². The van der Waals surface area contributed by atoms with Gasteiger partial charge in [0.25, 0.3) is 10.0 Å². The van der Waals surface area contributed by atoms with Crippen LogP contribution < -0.4 is 9.46 Å². The lowest BCUT2D eigenvalue weighted by atomic mass is 10.1. The normalized spacial score (nSPS) is 11.3. The quantitative estimate of drug-likeness (QED) is 0.340. The van der Waals surface area contributed by atoms with Crippen LogP contribution in [0.15, 0.2) is 95.9 Å². The molecule has 0 saturated heterocycles. The second-order valence-electron chi connectivity index (χ2n) is 6.17. The third-order valence-corrected chi connectivity index (χ3v) is 6.22. The standard InChI is InChI=1S/C22H16INO3S/c23-18-8-5-9-19(15-18)27-22-11-4-3-10-21(22)24-28(25,26)20-13-12-16-6-1-2-7-17(16)14-20/h1-15,24H. The van der Waals surface area contributed by atoms with Crippen LogP contribution in [0.4, 0.5) is 5.69 Å². The smallest absolute Gasteiger partial charge is 0.262 e. The van der Waals surface area contributed by atoms with Crippen molar-refractivity contribution < 1.29 is 13.2 Å². The molecule has 4 nitrogen and oxygen atoms in total. The van der Waals surface area contributed by atoms with Crippen molar-refractivity contribution in [2.75, 3.05) is 4.72 Å². The predicted octanol–water partition coefficient (Wildman–Crippen LogP) is 6.04. The maximum absolute atomic E-state index is 12.9. The van der Waals surface area contributed by atoms with E-state index in [0.717, 1.165) is 14.3 Å². The Bertz CT molecular complexity index is 1260. The number of nitrogens with one attached hydrogen (secondary N) is 1. The van der Waals surface area contributed by atoms with Gasteiger partial charge in [-0.1, -0.05) is 48.5 Å². The zero-order valence-corrected chi connectivity index (χ0v) is 17.6. The largest absolute Gasteiger partial charge is 0.455 e. The molecule has 4 aromatic carbocycles. The van der Waals surface area contributed by atoms with E-state index in [0.29, 0.717) is 17.2 Å². The van der Waals surface area contributed by atoms with Gasteiger partial charge in [-0.3, -0.25) is 4.72 Å². The summed E-state index contributed by atoms with van der Waals surface area (Å²) >= 11 is 2.20. The number of benzene rings is 4. The number of halogens is 1. The third-order valence-electron chi connectivity index (χ3n) is 4.19. The zero-order chi connectivity index (χ0) is 19.6. The van der Waals surface area contributed by atoms with Gasteiger partial charge in [0.2, 0.25) is 0 Å². The summed E-state index contributed by atoms with van der Waals surface area (Å²) in [4.78, 5) is 0.204. The lowest BCUT2D eigenvalue weighted by molar-refractivity contribution is 0.484. The Morgan fingerprint density at radius 1 is 0.750 bits per heavy atom. The summed E-state index contributed by atoms with van der Waals surface area (Å²) in [6.45, 7) is 0. The SMILES string of the molecule is O=S(=O)(Nc1ccccc1Oc1cccc(I)c1)c1ccc2ccccc2c1. The molecule has 4 aromatic rings. The molecule has 1 N–H and O–H groups in total. The van der Waals surface area contributed by atoms with Crippen LogP contribution in [0.2, 0.25) is 0 Å². The first-order valence-corrected chi connectivity index (χ1v) is 11.1. The maximum atomic E-state index is 12.9. The van der Waals surface area contributed by atoms with E-state index in [9.17, 15) is 8.42 Å². The fraction of sp³-hybridized carbons (Fsp3) is 0. The molecule has 0 unspecified atom stereocenters. The molecule has 0 aliphatic heterocycles. The number of sulfonamides is 1. The molecule has 0 aliphatic rings. The summed E-state index contributed by atoms with van der Waals surface area (Å²) in [5.41, 5.74) is 0.384. The monoisotopic (exact) mass is 501 g/mol. The molecule has 4 rings (SSSR count). The molecule has 0 fully saturated rings. The van der Waals surface area contributed by atoms with Crippen LogP contribution in [0, 0.1) is 3.57 Å². The van der Waals surface area contributed by atoms with Crippen molar-refractivity contribution in [3.05, 3.63) is 94.6 Å². The number of fused-ring (bicyclic) bond motifs is 1. The first-order chi connectivity index (χ1) is 13.5. The number of rotatable bonds is 5. The van der Waals surface area contributed by atoms with Crippen LogP contribution in [-0.4, -0.2) is 8.42 Å². The van der Waals surface area contributed by atoms with E-state index in [-0.39, 0.29) is 4.90 Å². The van der Waals surface area contributed by atoms with Crippen LogP contribution >= 0.6 is 22.6 Å². The van der Waals surface area contributed by atoms with E-state index in [1.165, 1.54) is 0 Å². The second-order valence-corrected chi connectivity index (χ2v) is 9.10. The molecule has 6 heteroatoms. The molecule has 0 atom stereocenters. The van der Waals surface area contributed by atoms with Crippen LogP contribution in [-0.2, 0) is 10.0 Å². The molecule has 0 aromatic heterocycles. The number of anilines is 1. The summed E-state index contributed by atoms with van der Waals surface area (Å²) in [5.74, 6) is 1.08. The minimum atomic E-state index is -3.76. The minimum absolute atomic E-state index is 0.204. The maximum Gasteiger partial charge on any atom is 0.262 e. The summed E-state index contributed by atoms with van der Waals surface area (Å²) in [6, 6.07) is 27.3. The highest BCUT2D eigenvalue weighted by Gasteiger charge is 2.17. The molecule has 0 bridgehead atoms. The Hall–Kier alpha value is -2.58. The molecule has 140 valence electrons. The van der Waals surface area contributed by atoms with Crippen LogP contribution in [0.1, 0.15) is 0 Å². The molecule has 28 heavy (non-hydrogen) atoms. The van der Waals surface area contributed by atoms with Gasteiger partial charge in [-0.2, -0.15) is 0 Å². The van der Waals surface area contributed by atoms with Crippen molar-refractivity contribution in [3.63, 3.8) is 0 Å². The Kier molecular flexibility index (Phi) is 5.23. The lowest BCUT2D eigenvalue weighted by Gasteiger charge is -2.14. The minimum Gasteiger partial charge on any atom is -0.455 e.